The topological polar surface area (TPSA) is 64.0 Å². The Labute approximate surface area is 169 Å². The number of benzene rings is 1. The van der Waals surface area contributed by atoms with Crippen LogP contribution in [0.5, 0.6) is 0 Å². The number of hydrogen-bond donors (Lipinski definition) is 1. The molecule has 5 nitrogen and oxygen atoms in total. The molecule has 2 heterocycles. The number of nitrogens with zero attached hydrogens (tertiary/aromatic N) is 2. The fraction of sp³-hybridized carbons (Fsp3) is 0.350. The smallest absolute Gasteiger partial charge is 0.215 e. The summed E-state index contributed by atoms with van der Waals surface area (Å²) in [5.74, 6) is -0.308. The molecule has 0 aliphatic rings. The molecule has 2 aromatic heterocycles. The van der Waals surface area contributed by atoms with Gasteiger partial charge in [-0.15, -0.1) is 0 Å². The highest BCUT2D eigenvalue weighted by Gasteiger charge is 2.15. The van der Waals surface area contributed by atoms with Crippen LogP contribution in [0.1, 0.15) is 25.0 Å². The molecule has 0 saturated heterocycles. The van der Waals surface area contributed by atoms with E-state index >= 15 is 0 Å². The molecule has 150 valence electrons. The number of hydrogen-bond acceptors (Lipinski definition) is 3. The van der Waals surface area contributed by atoms with Gasteiger partial charge in [0.15, 0.2) is 0 Å². The fourth-order valence-corrected chi connectivity index (χ4v) is 4.65. The van der Waals surface area contributed by atoms with E-state index in [1.807, 2.05) is 18.3 Å². The van der Waals surface area contributed by atoms with Crippen molar-refractivity contribution in [3.8, 4) is 0 Å². The van der Waals surface area contributed by atoms with E-state index in [2.05, 4.69) is 28.1 Å². The van der Waals surface area contributed by atoms with Crippen molar-refractivity contribution in [2.24, 2.45) is 5.92 Å². The maximum Gasteiger partial charge on any atom is 0.215 e. The Kier molecular flexibility index (Phi) is 6.37. The number of nitrogens with one attached hydrogen (secondary N) is 1. The van der Waals surface area contributed by atoms with Crippen molar-refractivity contribution < 1.29 is 12.8 Å². The average molecular weight is 424 g/mol. The third-order valence-corrected chi connectivity index (χ3v) is 6.04. The molecule has 1 N–H and O–H groups in total. The van der Waals surface area contributed by atoms with Gasteiger partial charge in [-0.05, 0) is 47.7 Å². The molecule has 1 aromatic carbocycles. The van der Waals surface area contributed by atoms with Gasteiger partial charge in [-0.2, -0.15) is 0 Å². The normalized spacial score (nSPS) is 12.2. The molecule has 3 aromatic rings. The van der Waals surface area contributed by atoms with Gasteiger partial charge in [-0.1, -0.05) is 31.5 Å². The third kappa shape index (κ3) is 5.10. The molecule has 0 amide bonds. The van der Waals surface area contributed by atoms with E-state index in [4.69, 9.17) is 11.6 Å². The first-order chi connectivity index (χ1) is 13.2. The van der Waals surface area contributed by atoms with Crippen molar-refractivity contribution in [3.05, 3.63) is 64.7 Å². The van der Waals surface area contributed by atoms with Crippen molar-refractivity contribution in [2.45, 2.75) is 32.6 Å². The van der Waals surface area contributed by atoms with Gasteiger partial charge in [0.25, 0.3) is 0 Å². The molecule has 0 spiro atoms. The van der Waals surface area contributed by atoms with E-state index in [0.717, 1.165) is 29.2 Å². The zero-order chi connectivity index (χ0) is 20.3. The van der Waals surface area contributed by atoms with E-state index in [9.17, 15) is 12.8 Å². The van der Waals surface area contributed by atoms with Gasteiger partial charge in [0, 0.05) is 35.9 Å². The van der Waals surface area contributed by atoms with Crippen molar-refractivity contribution in [2.75, 3.05) is 6.54 Å². The van der Waals surface area contributed by atoms with Gasteiger partial charge >= 0.3 is 0 Å². The monoisotopic (exact) mass is 423 g/mol. The summed E-state index contributed by atoms with van der Waals surface area (Å²) >= 11 is 5.93. The zero-order valence-corrected chi connectivity index (χ0v) is 17.4. The molecule has 0 unspecified atom stereocenters. The second-order valence-electron chi connectivity index (χ2n) is 7.21. The Morgan fingerprint density at radius 3 is 2.75 bits per heavy atom. The summed E-state index contributed by atoms with van der Waals surface area (Å²) in [6.45, 7) is 5.39. The molecule has 0 aliphatic heterocycles. The number of sulfonamides is 1. The first-order valence-corrected chi connectivity index (χ1v) is 11.1. The van der Waals surface area contributed by atoms with Crippen LogP contribution in [0.15, 0.2) is 42.7 Å². The summed E-state index contributed by atoms with van der Waals surface area (Å²) in [7, 11) is -3.58. The summed E-state index contributed by atoms with van der Waals surface area (Å²) < 4.78 is 42.6. The van der Waals surface area contributed by atoms with Crippen LogP contribution in [0.3, 0.4) is 0 Å². The lowest BCUT2D eigenvalue weighted by Gasteiger charge is -2.08. The first kappa shape index (κ1) is 20.8. The molecule has 28 heavy (non-hydrogen) atoms. The Balaban J connectivity index is 1.69. The molecule has 0 aliphatic carbocycles. The van der Waals surface area contributed by atoms with Gasteiger partial charge in [-0.25, -0.2) is 22.5 Å². The number of rotatable bonds is 8. The number of fused-ring (bicyclic) bond motifs is 1. The van der Waals surface area contributed by atoms with E-state index in [0.29, 0.717) is 17.9 Å². The summed E-state index contributed by atoms with van der Waals surface area (Å²) in [5, 5.41) is 1.14. The highest BCUT2D eigenvalue weighted by Crippen LogP contribution is 2.22. The van der Waals surface area contributed by atoms with Crippen LogP contribution >= 0.6 is 11.6 Å². The Morgan fingerprint density at radius 1 is 1.25 bits per heavy atom. The number of halogens is 2. The lowest BCUT2D eigenvalue weighted by molar-refractivity contribution is 0.532. The molecule has 0 fully saturated rings. The quantitative estimate of drug-likeness (QED) is 0.592. The van der Waals surface area contributed by atoms with Gasteiger partial charge in [-0.3, -0.25) is 0 Å². The largest absolute Gasteiger partial charge is 0.332 e. The second kappa shape index (κ2) is 8.59. The molecule has 0 atom stereocenters. The first-order valence-electron chi connectivity index (χ1n) is 9.09. The van der Waals surface area contributed by atoms with Gasteiger partial charge in [0.2, 0.25) is 10.0 Å². The maximum absolute atomic E-state index is 13.1. The van der Waals surface area contributed by atoms with Crippen LogP contribution in [0.4, 0.5) is 4.39 Å². The molecular weight excluding hydrogens is 401 g/mol. The van der Waals surface area contributed by atoms with E-state index < -0.39 is 15.8 Å². The minimum atomic E-state index is -3.58. The lowest BCUT2D eigenvalue weighted by Crippen LogP contribution is -2.27. The Hall–Kier alpha value is -1.96. The van der Waals surface area contributed by atoms with Crippen LogP contribution < -0.4 is 4.72 Å². The second-order valence-corrected chi connectivity index (χ2v) is 9.43. The summed E-state index contributed by atoms with van der Waals surface area (Å²) in [6.07, 6.45) is 4.35. The van der Waals surface area contributed by atoms with E-state index in [-0.39, 0.29) is 17.3 Å². The van der Waals surface area contributed by atoms with Gasteiger partial charge in [0.05, 0.1) is 5.75 Å². The predicted octanol–water partition coefficient (Wildman–Crippen LogP) is 4.15. The van der Waals surface area contributed by atoms with Crippen LogP contribution in [0.2, 0.25) is 5.02 Å². The molecule has 3 rings (SSSR count). The van der Waals surface area contributed by atoms with Gasteiger partial charge in [0.1, 0.15) is 11.5 Å². The van der Waals surface area contributed by atoms with Crippen LogP contribution in [-0.4, -0.2) is 24.5 Å². The fourth-order valence-electron chi connectivity index (χ4n) is 3.16. The molecule has 0 bridgehead atoms. The summed E-state index contributed by atoms with van der Waals surface area (Å²) in [5.41, 5.74) is 2.33. The maximum atomic E-state index is 13.1. The highest BCUT2D eigenvalue weighted by molar-refractivity contribution is 7.88. The molecule has 0 radical (unpaired) electrons. The van der Waals surface area contributed by atoms with Crippen molar-refractivity contribution in [3.63, 3.8) is 0 Å². The summed E-state index contributed by atoms with van der Waals surface area (Å²) in [4.78, 5) is 4.46. The van der Waals surface area contributed by atoms with Crippen LogP contribution in [0.25, 0.3) is 11.0 Å². The van der Waals surface area contributed by atoms with Gasteiger partial charge < -0.3 is 4.57 Å². The zero-order valence-electron chi connectivity index (χ0n) is 15.8. The van der Waals surface area contributed by atoms with Crippen molar-refractivity contribution >= 4 is 32.7 Å². The predicted molar refractivity (Wildman–Crippen MR) is 110 cm³/mol. The van der Waals surface area contributed by atoms with Crippen LogP contribution in [-0.2, 0) is 28.7 Å². The molecule has 0 saturated carbocycles. The minimum absolute atomic E-state index is 0.105. The Morgan fingerprint density at radius 2 is 2.04 bits per heavy atom. The average Bonchev–Trinajstić information content (AvgIpc) is 2.95. The van der Waals surface area contributed by atoms with Crippen molar-refractivity contribution in [1.82, 2.24) is 14.3 Å². The standard InChI is InChI=1S/C20H23ClFN3O2S/c1-14(2)11-25-12-15(18-4-3-8-23-20(18)25)7-9-24-28(26,27)13-16-5-6-17(22)10-19(16)21/h3-6,8,10,12,14,24H,7,9,11,13H2,1-2H3. The van der Waals surface area contributed by atoms with E-state index in [1.54, 1.807) is 6.20 Å². The van der Waals surface area contributed by atoms with Crippen molar-refractivity contribution in [1.29, 1.82) is 0 Å². The van der Waals surface area contributed by atoms with Crippen LogP contribution in [0, 0.1) is 11.7 Å². The highest BCUT2D eigenvalue weighted by atomic mass is 35.5. The lowest BCUT2D eigenvalue weighted by atomic mass is 10.2. The SMILES string of the molecule is CC(C)Cn1cc(CCNS(=O)(=O)Cc2ccc(F)cc2Cl)c2cccnc21. The third-order valence-electron chi connectivity index (χ3n) is 4.36. The number of pyridine rings is 1. The molecule has 8 heteroatoms. The summed E-state index contributed by atoms with van der Waals surface area (Å²) in [6, 6.07) is 7.59. The minimum Gasteiger partial charge on any atom is -0.332 e. The Bertz CT molecular complexity index is 1080. The molecular formula is C20H23ClFN3O2S. The van der Waals surface area contributed by atoms with E-state index in [1.165, 1.54) is 12.1 Å². The number of aromatic nitrogens is 2.